The third-order valence-corrected chi connectivity index (χ3v) is 5.95. The van der Waals surface area contributed by atoms with Crippen LogP contribution in [0.15, 0.2) is 30.3 Å². The Morgan fingerprint density at radius 2 is 1.77 bits per heavy atom. The quantitative estimate of drug-likeness (QED) is 0.633. The van der Waals surface area contributed by atoms with Gasteiger partial charge in [0.05, 0.1) is 11.9 Å². The van der Waals surface area contributed by atoms with E-state index in [0.29, 0.717) is 5.56 Å². The van der Waals surface area contributed by atoms with Crippen LogP contribution in [-0.2, 0) is 14.3 Å². The summed E-state index contributed by atoms with van der Waals surface area (Å²) in [5.41, 5.74) is 0.588. The molecule has 0 spiro atoms. The Labute approximate surface area is 138 Å². The van der Waals surface area contributed by atoms with Gasteiger partial charge < -0.3 is 10.1 Å². The van der Waals surface area contributed by atoms with Crippen LogP contribution in [-0.4, -0.2) is 34.9 Å². The Morgan fingerprint density at radius 1 is 1.18 bits per heavy atom. The monoisotopic (exact) mass is 341 g/mol. The molecule has 0 fully saturated rings. The molecule has 0 saturated heterocycles. The average Bonchev–Trinajstić information content (AvgIpc) is 2.50. The highest BCUT2D eigenvalue weighted by molar-refractivity contribution is 8.82. The zero-order valence-corrected chi connectivity index (χ0v) is 14.5. The van der Waals surface area contributed by atoms with Crippen molar-refractivity contribution < 1.29 is 19.1 Å². The molecule has 0 aliphatic heterocycles. The molecular formula is C15H19NO4S2. The van der Waals surface area contributed by atoms with Crippen molar-refractivity contribution in [2.24, 2.45) is 0 Å². The van der Waals surface area contributed by atoms with Crippen LogP contribution < -0.4 is 5.32 Å². The summed E-state index contributed by atoms with van der Waals surface area (Å²) in [5.74, 6) is -0.871. The maximum absolute atomic E-state index is 12.1. The smallest absolute Gasteiger partial charge is 0.329 e. The Hall–Kier alpha value is -1.47. The van der Waals surface area contributed by atoms with Gasteiger partial charge in [0.25, 0.3) is 0 Å². The summed E-state index contributed by atoms with van der Waals surface area (Å²) in [5, 5.41) is 2.47. The SMILES string of the molecule is COC(=O)C(NC(C)=O)C(C)(C)SSC(=O)c1ccccc1. The lowest BCUT2D eigenvalue weighted by Crippen LogP contribution is -2.52. The number of nitrogens with one attached hydrogen (secondary N) is 1. The van der Waals surface area contributed by atoms with Crippen molar-refractivity contribution in [1.82, 2.24) is 5.32 Å². The average molecular weight is 341 g/mol. The van der Waals surface area contributed by atoms with Crippen LogP contribution >= 0.6 is 21.6 Å². The molecule has 1 amide bonds. The molecule has 0 radical (unpaired) electrons. The molecule has 0 aliphatic carbocycles. The van der Waals surface area contributed by atoms with Crippen molar-refractivity contribution >= 4 is 38.6 Å². The van der Waals surface area contributed by atoms with E-state index in [1.54, 1.807) is 38.1 Å². The van der Waals surface area contributed by atoms with Gasteiger partial charge in [0.15, 0.2) is 0 Å². The van der Waals surface area contributed by atoms with E-state index < -0.39 is 16.8 Å². The second kappa shape index (κ2) is 8.24. The number of carbonyl (C=O) groups excluding carboxylic acids is 3. The first-order valence-corrected chi connectivity index (χ1v) is 8.73. The zero-order chi connectivity index (χ0) is 16.8. The molecular weight excluding hydrogens is 322 g/mol. The van der Waals surface area contributed by atoms with Crippen LogP contribution in [0.3, 0.4) is 0 Å². The van der Waals surface area contributed by atoms with Gasteiger partial charge in [-0.15, -0.1) is 0 Å². The first-order valence-electron chi connectivity index (χ1n) is 6.58. The van der Waals surface area contributed by atoms with E-state index in [-0.39, 0.29) is 11.0 Å². The first kappa shape index (κ1) is 18.6. The molecule has 1 atom stereocenters. The Balaban J connectivity index is 2.76. The highest BCUT2D eigenvalue weighted by Gasteiger charge is 2.38. The van der Waals surface area contributed by atoms with Crippen LogP contribution in [0.25, 0.3) is 0 Å². The fourth-order valence-electron chi connectivity index (χ4n) is 1.65. The number of rotatable bonds is 6. The summed E-state index contributed by atoms with van der Waals surface area (Å²) in [4.78, 5) is 35.3. The second-order valence-electron chi connectivity index (χ2n) is 5.08. The molecule has 1 aromatic rings. The van der Waals surface area contributed by atoms with E-state index in [9.17, 15) is 14.4 Å². The molecule has 120 valence electrons. The minimum absolute atomic E-state index is 0.106. The number of amides is 1. The second-order valence-corrected chi connectivity index (χ2v) is 7.84. The Bertz CT molecular complexity index is 546. The summed E-state index contributed by atoms with van der Waals surface area (Å²) in [6.45, 7) is 4.89. The highest BCUT2D eigenvalue weighted by Crippen LogP contribution is 2.40. The van der Waals surface area contributed by atoms with E-state index in [1.807, 2.05) is 6.07 Å². The maximum Gasteiger partial charge on any atom is 0.329 e. The molecule has 22 heavy (non-hydrogen) atoms. The predicted octanol–water partition coefficient (Wildman–Crippen LogP) is 2.66. The van der Waals surface area contributed by atoms with Crippen LogP contribution in [0, 0.1) is 0 Å². The number of hydrogen-bond donors (Lipinski definition) is 1. The van der Waals surface area contributed by atoms with E-state index >= 15 is 0 Å². The van der Waals surface area contributed by atoms with Crippen molar-refractivity contribution in [3.05, 3.63) is 35.9 Å². The van der Waals surface area contributed by atoms with Crippen LogP contribution in [0.1, 0.15) is 31.1 Å². The van der Waals surface area contributed by atoms with Gasteiger partial charge in [-0.3, -0.25) is 9.59 Å². The largest absolute Gasteiger partial charge is 0.467 e. The molecule has 0 bridgehead atoms. The molecule has 1 rings (SSSR count). The number of ether oxygens (including phenoxy) is 1. The predicted molar refractivity (Wildman–Crippen MR) is 89.7 cm³/mol. The molecule has 0 heterocycles. The molecule has 5 nitrogen and oxygen atoms in total. The third kappa shape index (κ3) is 5.38. The lowest BCUT2D eigenvalue weighted by Gasteiger charge is -2.31. The number of hydrogen-bond acceptors (Lipinski definition) is 6. The first-order chi connectivity index (χ1) is 10.3. The van der Waals surface area contributed by atoms with Gasteiger partial charge in [-0.25, -0.2) is 4.79 Å². The summed E-state index contributed by atoms with van der Waals surface area (Å²) in [6, 6.07) is 8.04. The van der Waals surface area contributed by atoms with E-state index in [4.69, 9.17) is 4.74 Å². The molecule has 0 aliphatic rings. The molecule has 0 saturated carbocycles. The van der Waals surface area contributed by atoms with Gasteiger partial charge in [-0.2, -0.15) is 0 Å². The van der Waals surface area contributed by atoms with Crippen molar-refractivity contribution in [2.75, 3.05) is 7.11 Å². The number of methoxy groups -OCH3 is 1. The van der Waals surface area contributed by atoms with Gasteiger partial charge in [0, 0.05) is 12.5 Å². The van der Waals surface area contributed by atoms with Crippen molar-refractivity contribution in [3.8, 4) is 0 Å². The minimum atomic E-state index is -0.837. The standard InChI is InChI=1S/C15H19NO4S2/c1-10(17)16-12(13(18)20-4)15(2,3)22-21-14(19)11-8-6-5-7-9-11/h5-9,12H,1-4H3,(H,16,17). The number of carbonyl (C=O) groups is 3. The summed E-state index contributed by atoms with van der Waals surface area (Å²) >= 11 is 0. The van der Waals surface area contributed by atoms with Crippen molar-refractivity contribution in [3.63, 3.8) is 0 Å². The summed E-state index contributed by atoms with van der Waals surface area (Å²) < 4.78 is 4.02. The number of benzene rings is 1. The third-order valence-electron chi connectivity index (χ3n) is 2.82. The lowest BCUT2D eigenvalue weighted by atomic mass is 10.0. The highest BCUT2D eigenvalue weighted by atomic mass is 33.1. The number of esters is 1. The van der Waals surface area contributed by atoms with E-state index in [1.165, 1.54) is 24.8 Å². The van der Waals surface area contributed by atoms with Crippen molar-refractivity contribution in [1.29, 1.82) is 0 Å². The van der Waals surface area contributed by atoms with E-state index in [2.05, 4.69) is 5.32 Å². The summed E-state index contributed by atoms with van der Waals surface area (Å²) in [6.07, 6.45) is 0. The summed E-state index contributed by atoms with van der Waals surface area (Å²) in [7, 11) is 3.53. The van der Waals surface area contributed by atoms with Gasteiger partial charge in [0.2, 0.25) is 11.0 Å². The van der Waals surface area contributed by atoms with Gasteiger partial charge in [-0.05, 0) is 24.6 Å². The van der Waals surface area contributed by atoms with Crippen molar-refractivity contribution in [2.45, 2.75) is 31.6 Å². The Kier molecular flexibility index (Phi) is 6.96. The van der Waals surface area contributed by atoms with Crippen LogP contribution in [0.4, 0.5) is 0 Å². The molecule has 1 N–H and O–H groups in total. The topological polar surface area (TPSA) is 72.5 Å². The maximum atomic E-state index is 12.1. The lowest BCUT2D eigenvalue weighted by molar-refractivity contribution is -0.145. The van der Waals surface area contributed by atoms with Crippen LogP contribution in [0.2, 0.25) is 0 Å². The zero-order valence-electron chi connectivity index (χ0n) is 12.9. The van der Waals surface area contributed by atoms with Gasteiger partial charge >= 0.3 is 5.97 Å². The molecule has 1 unspecified atom stereocenters. The molecule has 1 aromatic carbocycles. The van der Waals surface area contributed by atoms with Crippen LogP contribution in [0.5, 0.6) is 0 Å². The molecule has 0 aromatic heterocycles. The molecule has 7 heteroatoms. The fraction of sp³-hybridized carbons (Fsp3) is 0.400. The minimum Gasteiger partial charge on any atom is -0.467 e. The van der Waals surface area contributed by atoms with Gasteiger partial charge in [-0.1, -0.05) is 41.1 Å². The van der Waals surface area contributed by atoms with Gasteiger partial charge in [0.1, 0.15) is 6.04 Å². The Morgan fingerprint density at radius 3 is 2.27 bits per heavy atom. The normalized spacial score (nSPS) is 12.4. The van der Waals surface area contributed by atoms with E-state index in [0.717, 1.165) is 10.8 Å². The fourth-order valence-corrected chi connectivity index (χ4v) is 3.88.